The summed E-state index contributed by atoms with van der Waals surface area (Å²) < 4.78 is 12.7. The molecule has 2 heterocycles. The van der Waals surface area contributed by atoms with E-state index in [9.17, 15) is 0 Å². The molecule has 4 heteroatoms. The highest BCUT2D eigenvalue weighted by molar-refractivity contribution is 7.19. The van der Waals surface area contributed by atoms with Gasteiger partial charge in [0.15, 0.2) is 11.5 Å². The molecule has 1 aliphatic heterocycles. The third-order valence-corrected chi connectivity index (χ3v) is 4.76. The van der Waals surface area contributed by atoms with Crippen LogP contribution in [-0.2, 0) is 13.0 Å². The predicted molar refractivity (Wildman–Crippen MR) is 84.2 cm³/mol. The van der Waals surface area contributed by atoms with E-state index in [-0.39, 0.29) is 0 Å². The van der Waals surface area contributed by atoms with E-state index in [0.717, 1.165) is 24.5 Å². The Morgan fingerprint density at radius 1 is 1.20 bits per heavy atom. The summed E-state index contributed by atoms with van der Waals surface area (Å²) >= 11 is 1.87. The molecule has 0 fully saturated rings. The molecule has 3 nitrogen and oxygen atoms in total. The fourth-order valence-corrected chi connectivity index (χ4v) is 3.82. The second-order valence-electron chi connectivity index (χ2n) is 5.38. The van der Waals surface area contributed by atoms with E-state index in [1.165, 1.54) is 20.5 Å². The molecule has 0 atom stereocenters. The van der Waals surface area contributed by atoms with Gasteiger partial charge in [0.2, 0.25) is 0 Å². The summed E-state index contributed by atoms with van der Waals surface area (Å²) in [6, 6.07) is 4.79. The van der Waals surface area contributed by atoms with Crippen LogP contribution in [0.4, 0.5) is 0 Å². The number of ether oxygens (including phenoxy) is 2. The SMILES string of the molecule is CCc1c(CNC(C)C)sc2cc3c(cc12)OCCO3. The first-order valence-corrected chi connectivity index (χ1v) is 8.08. The van der Waals surface area contributed by atoms with Gasteiger partial charge >= 0.3 is 0 Å². The first kappa shape index (κ1) is 13.7. The Morgan fingerprint density at radius 3 is 2.55 bits per heavy atom. The molecular formula is C16H21NO2S. The maximum atomic E-state index is 5.70. The Morgan fingerprint density at radius 2 is 1.90 bits per heavy atom. The summed E-state index contributed by atoms with van der Waals surface area (Å²) in [5.74, 6) is 1.77. The fourth-order valence-electron chi connectivity index (χ4n) is 2.56. The van der Waals surface area contributed by atoms with Crippen LogP contribution in [0.15, 0.2) is 12.1 Å². The lowest BCUT2D eigenvalue weighted by Gasteiger charge is -2.18. The normalized spacial score (nSPS) is 14.2. The van der Waals surface area contributed by atoms with Gasteiger partial charge in [0.25, 0.3) is 0 Å². The third kappa shape index (κ3) is 2.50. The monoisotopic (exact) mass is 291 g/mol. The van der Waals surface area contributed by atoms with Gasteiger partial charge in [0.05, 0.1) is 0 Å². The molecule has 0 saturated heterocycles. The third-order valence-electron chi connectivity index (χ3n) is 3.56. The molecule has 3 rings (SSSR count). The number of rotatable bonds is 4. The van der Waals surface area contributed by atoms with E-state index < -0.39 is 0 Å². The molecule has 1 aliphatic rings. The van der Waals surface area contributed by atoms with Crippen molar-refractivity contribution in [1.82, 2.24) is 5.32 Å². The van der Waals surface area contributed by atoms with Gasteiger partial charge in [-0.15, -0.1) is 11.3 Å². The Hall–Kier alpha value is -1.26. The van der Waals surface area contributed by atoms with Gasteiger partial charge in [0.1, 0.15) is 13.2 Å². The first-order chi connectivity index (χ1) is 9.69. The second-order valence-corrected chi connectivity index (χ2v) is 6.52. The summed E-state index contributed by atoms with van der Waals surface area (Å²) in [7, 11) is 0. The molecular weight excluding hydrogens is 270 g/mol. The Kier molecular flexibility index (Phi) is 3.85. The highest BCUT2D eigenvalue weighted by Gasteiger charge is 2.17. The molecule has 0 aliphatic carbocycles. The van der Waals surface area contributed by atoms with E-state index in [4.69, 9.17) is 9.47 Å². The van der Waals surface area contributed by atoms with Gasteiger partial charge in [-0.25, -0.2) is 0 Å². The van der Waals surface area contributed by atoms with Crippen molar-refractivity contribution in [3.8, 4) is 11.5 Å². The molecule has 0 saturated carbocycles. The van der Waals surface area contributed by atoms with E-state index in [2.05, 4.69) is 38.2 Å². The number of aryl methyl sites for hydroxylation is 1. The van der Waals surface area contributed by atoms with Crippen LogP contribution in [-0.4, -0.2) is 19.3 Å². The molecule has 0 bridgehead atoms. The van der Waals surface area contributed by atoms with Crippen LogP contribution in [0.2, 0.25) is 0 Å². The van der Waals surface area contributed by atoms with Crippen LogP contribution in [0.25, 0.3) is 10.1 Å². The van der Waals surface area contributed by atoms with E-state index in [1.54, 1.807) is 0 Å². The number of hydrogen-bond acceptors (Lipinski definition) is 4. The number of nitrogens with one attached hydrogen (secondary N) is 1. The van der Waals surface area contributed by atoms with Crippen LogP contribution < -0.4 is 14.8 Å². The zero-order valence-corrected chi connectivity index (χ0v) is 13.1. The summed E-state index contributed by atoms with van der Waals surface area (Å²) in [4.78, 5) is 1.43. The van der Waals surface area contributed by atoms with Crippen molar-refractivity contribution in [1.29, 1.82) is 0 Å². The molecule has 2 aromatic rings. The maximum absolute atomic E-state index is 5.70. The summed E-state index contributed by atoms with van der Waals surface area (Å²) in [5, 5.41) is 4.84. The van der Waals surface area contributed by atoms with E-state index in [1.807, 2.05) is 11.3 Å². The summed E-state index contributed by atoms with van der Waals surface area (Å²) in [5.41, 5.74) is 1.44. The molecule has 1 aromatic carbocycles. The zero-order valence-electron chi connectivity index (χ0n) is 12.3. The van der Waals surface area contributed by atoms with Gasteiger partial charge in [-0.1, -0.05) is 20.8 Å². The second kappa shape index (κ2) is 5.62. The molecule has 1 aromatic heterocycles. The highest BCUT2D eigenvalue weighted by Crippen LogP contribution is 2.40. The maximum Gasteiger partial charge on any atom is 0.162 e. The van der Waals surface area contributed by atoms with Crippen LogP contribution in [0.5, 0.6) is 11.5 Å². The van der Waals surface area contributed by atoms with Crippen LogP contribution in [0, 0.1) is 0 Å². The average Bonchev–Trinajstić information content (AvgIpc) is 2.79. The molecule has 0 unspecified atom stereocenters. The van der Waals surface area contributed by atoms with Gasteiger partial charge in [-0.3, -0.25) is 0 Å². The molecule has 20 heavy (non-hydrogen) atoms. The zero-order chi connectivity index (χ0) is 14.1. The van der Waals surface area contributed by atoms with Crippen LogP contribution in [0.3, 0.4) is 0 Å². The van der Waals surface area contributed by atoms with Crippen molar-refractivity contribution in [3.05, 3.63) is 22.6 Å². The van der Waals surface area contributed by atoms with Crippen molar-refractivity contribution in [2.45, 2.75) is 39.8 Å². The number of hydrogen-bond donors (Lipinski definition) is 1. The fraction of sp³-hybridized carbons (Fsp3) is 0.500. The minimum absolute atomic E-state index is 0.504. The Bertz CT molecular complexity index is 618. The molecule has 0 amide bonds. The van der Waals surface area contributed by atoms with E-state index in [0.29, 0.717) is 19.3 Å². The van der Waals surface area contributed by atoms with Gasteiger partial charge < -0.3 is 14.8 Å². The summed E-state index contributed by atoms with van der Waals surface area (Å²) in [6.45, 7) is 8.81. The topological polar surface area (TPSA) is 30.5 Å². The van der Waals surface area contributed by atoms with Crippen molar-refractivity contribution in [2.24, 2.45) is 0 Å². The number of benzene rings is 1. The highest BCUT2D eigenvalue weighted by atomic mass is 32.1. The van der Waals surface area contributed by atoms with Crippen molar-refractivity contribution < 1.29 is 9.47 Å². The van der Waals surface area contributed by atoms with Gasteiger partial charge in [-0.2, -0.15) is 0 Å². The lowest BCUT2D eigenvalue weighted by atomic mass is 10.1. The van der Waals surface area contributed by atoms with Crippen molar-refractivity contribution in [2.75, 3.05) is 13.2 Å². The summed E-state index contributed by atoms with van der Waals surface area (Å²) in [6.07, 6.45) is 1.05. The molecule has 1 N–H and O–H groups in total. The van der Waals surface area contributed by atoms with Crippen molar-refractivity contribution in [3.63, 3.8) is 0 Å². The molecule has 0 radical (unpaired) electrons. The van der Waals surface area contributed by atoms with Crippen LogP contribution >= 0.6 is 11.3 Å². The smallest absolute Gasteiger partial charge is 0.162 e. The molecule has 0 spiro atoms. The number of fused-ring (bicyclic) bond motifs is 2. The predicted octanol–water partition coefficient (Wildman–Crippen LogP) is 3.73. The van der Waals surface area contributed by atoms with Crippen LogP contribution in [0.1, 0.15) is 31.2 Å². The lowest BCUT2D eigenvalue weighted by molar-refractivity contribution is 0.172. The average molecular weight is 291 g/mol. The number of thiophene rings is 1. The molecule has 108 valence electrons. The van der Waals surface area contributed by atoms with Crippen molar-refractivity contribution >= 4 is 21.4 Å². The standard InChI is InChI=1S/C16H21NO2S/c1-4-11-12-7-13-14(19-6-5-18-13)8-15(12)20-16(11)9-17-10(2)3/h7-8,10,17H,4-6,9H2,1-3H3. The quantitative estimate of drug-likeness (QED) is 0.931. The largest absolute Gasteiger partial charge is 0.486 e. The lowest BCUT2D eigenvalue weighted by Crippen LogP contribution is -2.21. The Balaban J connectivity index is 2.03. The minimum Gasteiger partial charge on any atom is -0.486 e. The minimum atomic E-state index is 0.504. The first-order valence-electron chi connectivity index (χ1n) is 7.26. The van der Waals surface area contributed by atoms with Gasteiger partial charge in [-0.05, 0) is 23.4 Å². The van der Waals surface area contributed by atoms with E-state index >= 15 is 0 Å². The van der Waals surface area contributed by atoms with Gasteiger partial charge in [0, 0.05) is 28.2 Å². The Labute approximate surface area is 123 Å².